The molecule has 0 aromatic heterocycles. The first-order valence-electron chi connectivity index (χ1n) is 11.0. The highest BCUT2D eigenvalue weighted by Gasteiger charge is 2.42. The molecule has 2 atom stereocenters. The van der Waals surface area contributed by atoms with Crippen LogP contribution in [-0.4, -0.2) is 41.3 Å². The van der Waals surface area contributed by atoms with Crippen LogP contribution in [0.15, 0.2) is 48.5 Å². The van der Waals surface area contributed by atoms with Gasteiger partial charge < -0.3 is 9.84 Å². The fraction of sp³-hybridized carbons (Fsp3) is 0.440. The van der Waals surface area contributed by atoms with E-state index < -0.39 is 18.1 Å². The summed E-state index contributed by atoms with van der Waals surface area (Å²) >= 11 is 0. The first kappa shape index (κ1) is 19.2. The average Bonchev–Trinajstić information content (AvgIpc) is 3.29. The third kappa shape index (κ3) is 3.36. The molecule has 1 saturated carbocycles. The van der Waals surface area contributed by atoms with Gasteiger partial charge in [0.05, 0.1) is 0 Å². The van der Waals surface area contributed by atoms with Gasteiger partial charge in [0.15, 0.2) is 0 Å². The molecule has 0 unspecified atom stereocenters. The molecule has 5 nitrogen and oxygen atoms in total. The molecule has 2 aliphatic carbocycles. The molecular formula is C25H27NO4. The van der Waals surface area contributed by atoms with Crippen LogP contribution < -0.4 is 0 Å². The van der Waals surface area contributed by atoms with Gasteiger partial charge in [-0.3, -0.25) is 4.90 Å². The highest BCUT2D eigenvalue weighted by molar-refractivity contribution is 5.81. The van der Waals surface area contributed by atoms with E-state index in [1.165, 1.54) is 35.3 Å². The van der Waals surface area contributed by atoms with E-state index in [9.17, 15) is 14.7 Å². The van der Waals surface area contributed by atoms with Crippen LogP contribution in [0.3, 0.4) is 0 Å². The van der Waals surface area contributed by atoms with Crippen molar-refractivity contribution in [1.82, 2.24) is 4.90 Å². The summed E-state index contributed by atoms with van der Waals surface area (Å²) in [5.41, 5.74) is 4.68. The quantitative estimate of drug-likeness (QED) is 0.768. The Balaban J connectivity index is 1.29. The molecular weight excluding hydrogens is 378 g/mol. The normalized spacial score (nSPS) is 23.0. The van der Waals surface area contributed by atoms with Crippen molar-refractivity contribution in [3.63, 3.8) is 0 Å². The van der Waals surface area contributed by atoms with Gasteiger partial charge in [-0.2, -0.15) is 0 Å². The number of ether oxygens (including phenoxy) is 1. The van der Waals surface area contributed by atoms with E-state index in [4.69, 9.17) is 4.74 Å². The monoisotopic (exact) mass is 405 g/mol. The molecule has 1 heterocycles. The third-order valence-corrected chi connectivity index (χ3v) is 7.13. The van der Waals surface area contributed by atoms with Crippen LogP contribution in [0, 0.1) is 11.8 Å². The number of fused-ring (bicyclic) bond motifs is 3. The first-order chi connectivity index (χ1) is 14.6. The van der Waals surface area contributed by atoms with Crippen LogP contribution in [0.5, 0.6) is 0 Å². The Bertz CT molecular complexity index is 922. The zero-order valence-electron chi connectivity index (χ0n) is 17.0. The maximum Gasteiger partial charge on any atom is 0.410 e. The van der Waals surface area contributed by atoms with Crippen molar-refractivity contribution in [3.05, 3.63) is 59.7 Å². The summed E-state index contributed by atoms with van der Waals surface area (Å²) in [6.45, 7) is 0.715. The molecule has 5 heteroatoms. The van der Waals surface area contributed by atoms with Gasteiger partial charge in [-0.1, -0.05) is 67.8 Å². The Morgan fingerprint density at radius 3 is 2.17 bits per heavy atom. The van der Waals surface area contributed by atoms with Crippen molar-refractivity contribution in [2.45, 2.75) is 44.1 Å². The van der Waals surface area contributed by atoms with Crippen molar-refractivity contribution in [3.8, 4) is 11.1 Å². The molecule has 1 aliphatic heterocycles. The zero-order valence-corrected chi connectivity index (χ0v) is 17.0. The maximum atomic E-state index is 12.9. The van der Waals surface area contributed by atoms with Crippen molar-refractivity contribution < 1.29 is 19.4 Å². The van der Waals surface area contributed by atoms with E-state index in [0.29, 0.717) is 18.9 Å². The van der Waals surface area contributed by atoms with Crippen molar-refractivity contribution >= 4 is 12.1 Å². The molecule has 5 rings (SSSR count). The Morgan fingerprint density at radius 1 is 0.967 bits per heavy atom. The molecule has 30 heavy (non-hydrogen) atoms. The van der Waals surface area contributed by atoms with Crippen LogP contribution in [0.4, 0.5) is 4.79 Å². The van der Waals surface area contributed by atoms with Crippen LogP contribution in [0.25, 0.3) is 11.1 Å². The van der Waals surface area contributed by atoms with Gasteiger partial charge in [0, 0.05) is 12.5 Å². The lowest BCUT2D eigenvalue weighted by Gasteiger charge is -2.27. The molecule has 1 N–H and O–H groups in total. The lowest BCUT2D eigenvalue weighted by atomic mass is 9.78. The fourth-order valence-corrected chi connectivity index (χ4v) is 5.41. The molecule has 1 saturated heterocycles. The summed E-state index contributed by atoms with van der Waals surface area (Å²) in [5, 5.41) is 9.65. The van der Waals surface area contributed by atoms with E-state index in [1.54, 1.807) is 0 Å². The molecule has 2 aromatic carbocycles. The lowest BCUT2D eigenvalue weighted by molar-refractivity contribution is -0.141. The van der Waals surface area contributed by atoms with E-state index >= 15 is 0 Å². The fourth-order valence-electron chi connectivity index (χ4n) is 5.41. The highest BCUT2D eigenvalue weighted by Crippen LogP contribution is 2.44. The summed E-state index contributed by atoms with van der Waals surface area (Å²) < 4.78 is 5.72. The number of aliphatic carboxylic acids is 1. The summed E-state index contributed by atoms with van der Waals surface area (Å²) in [6, 6.07) is 15.6. The van der Waals surface area contributed by atoms with Gasteiger partial charge in [-0.25, -0.2) is 9.59 Å². The van der Waals surface area contributed by atoms with E-state index in [0.717, 1.165) is 17.5 Å². The van der Waals surface area contributed by atoms with Crippen LogP contribution in [0.1, 0.15) is 49.1 Å². The van der Waals surface area contributed by atoms with Gasteiger partial charge >= 0.3 is 12.1 Å². The standard InChI is InChI=1S/C25H27NO4/c27-24(28)23-13-17(12-16-6-5-7-16)14-26(23)25(29)30-15-22-20-10-3-1-8-18(20)19-9-2-4-11-21(19)22/h1-4,8-11,16-17,22-23H,5-7,12-15H2,(H,27,28)/t17-,23-/m1/s1. The predicted octanol–water partition coefficient (Wildman–Crippen LogP) is 4.90. The Labute approximate surface area is 176 Å². The average molecular weight is 405 g/mol. The number of nitrogens with zero attached hydrogens (tertiary/aromatic N) is 1. The number of hydrogen-bond donors (Lipinski definition) is 1. The summed E-state index contributed by atoms with van der Waals surface area (Å²) in [6.07, 6.45) is 4.81. The van der Waals surface area contributed by atoms with E-state index in [2.05, 4.69) is 24.3 Å². The minimum absolute atomic E-state index is 0.0157. The van der Waals surface area contributed by atoms with Crippen LogP contribution in [-0.2, 0) is 9.53 Å². The summed E-state index contributed by atoms with van der Waals surface area (Å²) in [7, 11) is 0. The van der Waals surface area contributed by atoms with Gasteiger partial charge in [-0.05, 0) is 46.9 Å². The van der Waals surface area contributed by atoms with E-state index in [-0.39, 0.29) is 18.4 Å². The van der Waals surface area contributed by atoms with Gasteiger partial charge in [0.1, 0.15) is 12.6 Å². The first-order valence-corrected chi connectivity index (χ1v) is 11.0. The number of carboxylic acids is 1. The smallest absolute Gasteiger partial charge is 0.410 e. The SMILES string of the molecule is O=C(O)[C@H]1C[C@@H](CC2CCC2)CN1C(=O)OCC1c2ccccc2-c2ccccc21. The minimum Gasteiger partial charge on any atom is -0.480 e. The molecule has 2 aromatic rings. The highest BCUT2D eigenvalue weighted by atomic mass is 16.6. The zero-order chi connectivity index (χ0) is 20.7. The number of carbonyl (C=O) groups excluding carboxylic acids is 1. The van der Waals surface area contributed by atoms with E-state index in [1.807, 2.05) is 24.3 Å². The summed E-state index contributed by atoms with van der Waals surface area (Å²) in [4.78, 5) is 26.1. The third-order valence-electron chi connectivity index (χ3n) is 7.13. The lowest BCUT2D eigenvalue weighted by Crippen LogP contribution is -2.41. The summed E-state index contributed by atoms with van der Waals surface area (Å²) in [5.74, 6) is 0.0152. The topological polar surface area (TPSA) is 66.8 Å². The molecule has 0 bridgehead atoms. The number of hydrogen-bond acceptors (Lipinski definition) is 3. The van der Waals surface area contributed by atoms with Crippen LogP contribution >= 0.6 is 0 Å². The molecule has 2 fully saturated rings. The molecule has 0 spiro atoms. The second-order valence-corrected chi connectivity index (χ2v) is 8.94. The number of benzene rings is 2. The number of likely N-dealkylation sites (tertiary alicyclic amines) is 1. The number of carboxylic acid groups (broad SMARTS) is 1. The van der Waals surface area contributed by atoms with Crippen molar-refractivity contribution in [2.24, 2.45) is 11.8 Å². The second kappa shape index (κ2) is 7.78. The number of carbonyl (C=O) groups is 2. The minimum atomic E-state index is -0.931. The largest absolute Gasteiger partial charge is 0.480 e. The maximum absolute atomic E-state index is 12.9. The van der Waals surface area contributed by atoms with Crippen molar-refractivity contribution in [1.29, 1.82) is 0 Å². The predicted molar refractivity (Wildman–Crippen MR) is 113 cm³/mol. The van der Waals surface area contributed by atoms with Gasteiger partial charge in [0.2, 0.25) is 0 Å². The Kier molecular flexibility index (Phi) is 4.97. The molecule has 1 amide bonds. The molecule has 156 valence electrons. The second-order valence-electron chi connectivity index (χ2n) is 8.94. The molecule has 0 radical (unpaired) electrons. The molecule has 3 aliphatic rings. The number of amides is 1. The van der Waals surface area contributed by atoms with Gasteiger partial charge in [-0.15, -0.1) is 0 Å². The Hall–Kier alpha value is -2.82. The van der Waals surface area contributed by atoms with Crippen LogP contribution in [0.2, 0.25) is 0 Å². The number of rotatable bonds is 5. The van der Waals surface area contributed by atoms with Crippen molar-refractivity contribution in [2.75, 3.05) is 13.2 Å². The Morgan fingerprint density at radius 2 is 1.60 bits per heavy atom. The van der Waals surface area contributed by atoms with Gasteiger partial charge in [0.25, 0.3) is 0 Å².